The van der Waals surface area contributed by atoms with Gasteiger partial charge in [0.05, 0.1) is 6.54 Å². The molecule has 2 rings (SSSR count). The van der Waals surface area contributed by atoms with Crippen molar-refractivity contribution in [2.24, 2.45) is 16.6 Å². The summed E-state index contributed by atoms with van der Waals surface area (Å²) in [7, 11) is 0. The zero-order chi connectivity index (χ0) is 12.1. The highest BCUT2D eigenvalue weighted by molar-refractivity contribution is 9.10. The normalized spacial score (nSPS) is 16.6. The lowest BCUT2D eigenvalue weighted by Crippen LogP contribution is -2.37. The standard InChI is InChI=1S/C13H18BrN3/c14-12-6-4-11(5-7-12)9-17-13(15)16-8-10-2-1-3-10/h4-7,10H,1-3,8-9H2,(H3,15,16,17). The van der Waals surface area contributed by atoms with Crippen molar-refractivity contribution in [1.82, 2.24) is 5.32 Å². The van der Waals surface area contributed by atoms with Crippen LogP contribution >= 0.6 is 15.9 Å². The summed E-state index contributed by atoms with van der Waals surface area (Å²) >= 11 is 3.41. The Kier molecular flexibility index (Phi) is 4.42. The first kappa shape index (κ1) is 12.4. The molecule has 0 bridgehead atoms. The van der Waals surface area contributed by atoms with Crippen molar-refractivity contribution in [3.05, 3.63) is 34.3 Å². The van der Waals surface area contributed by atoms with E-state index in [0.717, 1.165) is 16.9 Å². The lowest BCUT2D eigenvalue weighted by atomic mass is 9.85. The molecule has 0 atom stereocenters. The Morgan fingerprint density at radius 2 is 2.06 bits per heavy atom. The maximum absolute atomic E-state index is 5.81. The fourth-order valence-electron chi connectivity index (χ4n) is 1.77. The Bertz CT molecular complexity index is 382. The number of benzene rings is 1. The van der Waals surface area contributed by atoms with Crippen LogP contribution in [0.1, 0.15) is 24.8 Å². The molecule has 3 N–H and O–H groups in total. The molecule has 1 aromatic carbocycles. The minimum absolute atomic E-state index is 0.555. The lowest BCUT2D eigenvalue weighted by molar-refractivity contribution is 0.315. The number of nitrogens with one attached hydrogen (secondary N) is 1. The molecule has 0 unspecified atom stereocenters. The van der Waals surface area contributed by atoms with Gasteiger partial charge in [-0.05, 0) is 36.5 Å². The van der Waals surface area contributed by atoms with Gasteiger partial charge in [0.15, 0.2) is 5.96 Å². The lowest BCUT2D eigenvalue weighted by Gasteiger charge is -2.25. The van der Waals surface area contributed by atoms with Crippen LogP contribution in [-0.4, -0.2) is 12.5 Å². The van der Waals surface area contributed by atoms with Gasteiger partial charge in [0.25, 0.3) is 0 Å². The van der Waals surface area contributed by atoms with Crippen molar-refractivity contribution in [3.8, 4) is 0 Å². The fourth-order valence-corrected chi connectivity index (χ4v) is 2.03. The molecule has 0 spiro atoms. The summed E-state index contributed by atoms with van der Waals surface area (Å²) in [5, 5.41) is 3.18. The van der Waals surface area contributed by atoms with Crippen LogP contribution in [0.5, 0.6) is 0 Å². The highest BCUT2D eigenvalue weighted by Gasteiger charge is 2.16. The number of aliphatic imine (C=N–C) groups is 1. The van der Waals surface area contributed by atoms with Crippen molar-refractivity contribution in [1.29, 1.82) is 0 Å². The van der Waals surface area contributed by atoms with Crippen LogP contribution in [0.15, 0.2) is 33.7 Å². The quantitative estimate of drug-likeness (QED) is 0.663. The van der Waals surface area contributed by atoms with Crippen molar-refractivity contribution in [2.45, 2.75) is 25.8 Å². The molecule has 0 aromatic heterocycles. The molecular formula is C13H18BrN3. The molecule has 92 valence electrons. The summed E-state index contributed by atoms with van der Waals surface area (Å²) in [4.78, 5) is 4.32. The van der Waals surface area contributed by atoms with Crippen molar-refractivity contribution < 1.29 is 0 Å². The molecular weight excluding hydrogens is 278 g/mol. The summed E-state index contributed by atoms with van der Waals surface area (Å²) in [6, 6.07) is 8.13. The fraction of sp³-hybridized carbons (Fsp3) is 0.462. The molecule has 1 aliphatic rings. The van der Waals surface area contributed by atoms with Gasteiger partial charge in [-0.3, -0.25) is 0 Å². The second-order valence-electron chi connectivity index (χ2n) is 4.51. The Hall–Kier alpha value is -1.03. The monoisotopic (exact) mass is 295 g/mol. The van der Waals surface area contributed by atoms with Gasteiger partial charge in [0, 0.05) is 11.0 Å². The molecule has 4 heteroatoms. The molecule has 0 saturated heterocycles. The van der Waals surface area contributed by atoms with Gasteiger partial charge in [-0.15, -0.1) is 0 Å². The van der Waals surface area contributed by atoms with Gasteiger partial charge in [-0.25, -0.2) is 4.99 Å². The van der Waals surface area contributed by atoms with Crippen LogP contribution in [0, 0.1) is 5.92 Å². The van der Waals surface area contributed by atoms with Gasteiger partial charge in [0.1, 0.15) is 0 Å². The molecule has 1 aromatic rings. The Morgan fingerprint density at radius 3 is 2.65 bits per heavy atom. The smallest absolute Gasteiger partial charge is 0.188 e. The third-order valence-electron chi connectivity index (χ3n) is 3.14. The van der Waals surface area contributed by atoms with Crippen LogP contribution in [0.3, 0.4) is 0 Å². The Morgan fingerprint density at radius 1 is 1.35 bits per heavy atom. The SMILES string of the molecule is NC(=NCc1ccc(Br)cc1)NCC1CCC1. The third kappa shape index (κ3) is 4.04. The van der Waals surface area contributed by atoms with Gasteiger partial charge in [0.2, 0.25) is 0 Å². The van der Waals surface area contributed by atoms with E-state index in [1.165, 1.54) is 24.8 Å². The van der Waals surface area contributed by atoms with Crippen LogP contribution < -0.4 is 11.1 Å². The molecule has 3 nitrogen and oxygen atoms in total. The molecule has 0 amide bonds. The second-order valence-corrected chi connectivity index (χ2v) is 5.42. The number of guanidine groups is 1. The van der Waals surface area contributed by atoms with Crippen molar-refractivity contribution in [3.63, 3.8) is 0 Å². The van der Waals surface area contributed by atoms with Gasteiger partial charge in [-0.1, -0.05) is 34.5 Å². The first-order valence-corrected chi connectivity index (χ1v) is 6.81. The average Bonchev–Trinajstić information content (AvgIpc) is 2.26. The Balaban J connectivity index is 1.76. The third-order valence-corrected chi connectivity index (χ3v) is 3.67. The summed E-state index contributed by atoms with van der Waals surface area (Å²) in [5.41, 5.74) is 6.98. The van der Waals surface area contributed by atoms with E-state index in [4.69, 9.17) is 5.73 Å². The second kappa shape index (κ2) is 6.05. The first-order chi connectivity index (χ1) is 8.24. The number of nitrogens with zero attached hydrogens (tertiary/aromatic N) is 1. The maximum Gasteiger partial charge on any atom is 0.188 e. The van der Waals surface area contributed by atoms with E-state index in [-0.39, 0.29) is 0 Å². The minimum Gasteiger partial charge on any atom is -0.370 e. The van der Waals surface area contributed by atoms with Crippen LogP contribution in [0.2, 0.25) is 0 Å². The van der Waals surface area contributed by atoms with E-state index in [9.17, 15) is 0 Å². The number of hydrogen-bond acceptors (Lipinski definition) is 1. The van der Waals surface area contributed by atoms with Crippen LogP contribution in [-0.2, 0) is 6.54 Å². The molecule has 1 aliphatic carbocycles. The van der Waals surface area contributed by atoms with Gasteiger partial charge < -0.3 is 11.1 Å². The Labute approximate surface area is 111 Å². The van der Waals surface area contributed by atoms with E-state index < -0.39 is 0 Å². The first-order valence-electron chi connectivity index (χ1n) is 6.02. The zero-order valence-electron chi connectivity index (χ0n) is 9.82. The topological polar surface area (TPSA) is 50.4 Å². The maximum atomic E-state index is 5.81. The number of nitrogens with two attached hydrogens (primary N) is 1. The van der Waals surface area contributed by atoms with E-state index in [1.54, 1.807) is 0 Å². The molecule has 1 fully saturated rings. The highest BCUT2D eigenvalue weighted by atomic mass is 79.9. The molecule has 0 heterocycles. The molecule has 17 heavy (non-hydrogen) atoms. The van der Waals surface area contributed by atoms with E-state index in [1.807, 2.05) is 24.3 Å². The van der Waals surface area contributed by atoms with Gasteiger partial charge >= 0.3 is 0 Å². The van der Waals surface area contributed by atoms with Crippen LogP contribution in [0.4, 0.5) is 0 Å². The number of halogens is 1. The highest BCUT2D eigenvalue weighted by Crippen LogP contribution is 2.24. The average molecular weight is 296 g/mol. The van der Waals surface area contributed by atoms with Crippen molar-refractivity contribution >= 4 is 21.9 Å². The number of rotatable bonds is 4. The summed E-state index contributed by atoms with van der Waals surface area (Å²) < 4.78 is 1.08. The van der Waals surface area contributed by atoms with Crippen molar-refractivity contribution in [2.75, 3.05) is 6.54 Å². The van der Waals surface area contributed by atoms with Gasteiger partial charge in [-0.2, -0.15) is 0 Å². The minimum atomic E-state index is 0.555. The van der Waals surface area contributed by atoms with E-state index in [0.29, 0.717) is 12.5 Å². The molecule has 1 saturated carbocycles. The summed E-state index contributed by atoms with van der Waals surface area (Å²) in [6.45, 7) is 1.60. The number of hydrogen-bond donors (Lipinski definition) is 2. The predicted octanol–water partition coefficient (Wildman–Crippen LogP) is 2.65. The summed E-state index contributed by atoms with van der Waals surface area (Å²) in [5.74, 6) is 1.36. The molecule has 0 aliphatic heterocycles. The largest absolute Gasteiger partial charge is 0.370 e. The predicted molar refractivity (Wildman–Crippen MR) is 74.8 cm³/mol. The zero-order valence-corrected chi connectivity index (χ0v) is 11.4. The summed E-state index contributed by atoms with van der Waals surface area (Å²) in [6.07, 6.45) is 4.02. The van der Waals surface area contributed by atoms with E-state index in [2.05, 4.69) is 26.2 Å². The van der Waals surface area contributed by atoms with Crippen LogP contribution in [0.25, 0.3) is 0 Å². The van der Waals surface area contributed by atoms with E-state index >= 15 is 0 Å². The molecule has 0 radical (unpaired) electrons.